The number of likely N-dealkylation sites (N-methyl/N-ethyl adjacent to an activating group) is 1. The average Bonchev–Trinajstić information content (AvgIpc) is 1.99. The Morgan fingerprint density at radius 3 is 2.20 bits per heavy atom. The van der Waals surface area contributed by atoms with Crippen LogP contribution in [0.2, 0.25) is 0 Å². The van der Waals surface area contributed by atoms with Crippen molar-refractivity contribution in [3.8, 4) is 0 Å². The van der Waals surface area contributed by atoms with Crippen LogP contribution >= 0.6 is 0 Å². The average molecular weight is 216 g/mol. The Hall–Kier alpha value is -0.610. The molecule has 4 nitrogen and oxygen atoms in total. The Balaban J connectivity index is 4.09. The monoisotopic (exact) mass is 216 g/mol. The van der Waals surface area contributed by atoms with Crippen molar-refractivity contribution in [3.05, 3.63) is 0 Å². The van der Waals surface area contributed by atoms with Crippen molar-refractivity contribution in [2.45, 2.75) is 39.3 Å². The van der Waals surface area contributed by atoms with Gasteiger partial charge in [-0.25, -0.2) is 0 Å². The van der Waals surface area contributed by atoms with Crippen molar-refractivity contribution in [3.63, 3.8) is 0 Å². The fourth-order valence-corrected chi connectivity index (χ4v) is 1.54. The number of nitrogens with one attached hydrogen (secondary N) is 1. The van der Waals surface area contributed by atoms with Crippen molar-refractivity contribution in [2.75, 3.05) is 20.6 Å². The van der Waals surface area contributed by atoms with Gasteiger partial charge in [0.2, 0.25) is 0 Å². The molecule has 4 heteroatoms. The highest BCUT2D eigenvalue weighted by Gasteiger charge is 2.17. The van der Waals surface area contributed by atoms with E-state index in [1.807, 2.05) is 21.0 Å². The molecular formula is C11H24N2O2. The molecule has 0 aliphatic heterocycles. The van der Waals surface area contributed by atoms with Crippen molar-refractivity contribution in [1.82, 2.24) is 10.2 Å². The Morgan fingerprint density at radius 1 is 1.33 bits per heavy atom. The van der Waals surface area contributed by atoms with Crippen LogP contribution in [0.1, 0.15) is 27.2 Å². The smallest absolute Gasteiger partial charge is 0.304 e. The summed E-state index contributed by atoms with van der Waals surface area (Å²) in [6.45, 7) is 7.14. The van der Waals surface area contributed by atoms with Crippen LogP contribution in [-0.2, 0) is 4.79 Å². The summed E-state index contributed by atoms with van der Waals surface area (Å²) in [4.78, 5) is 12.6. The lowest BCUT2D eigenvalue weighted by molar-refractivity contribution is -0.137. The number of rotatable bonds is 7. The first-order chi connectivity index (χ1) is 6.82. The largest absolute Gasteiger partial charge is 0.481 e. The molecule has 0 aliphatic rings. The molecular weight excluding hydrogens is 192 g/mol. The van der Waals surface area contributed by atoms with Gasteiger partial charge in [0.25, 0.3) is 0 Å². The first-order valence-corrected chi connectivity index (χ1v) is 5.45. The third kappa shape index (κ3) is 7.33. The second-order valence-electron chi connectivity index (χ2n) is 4.78. The van der Waals surface area contributed by atoms with Crippen LogP contribution < -0.4 is 5.32 Å². The molecule has 0 radical (unpaired) electrons. The number of aliphatic carboxylic acids is 1. The Morgan fingerprint density at radius 2 is 1.87 bits per heavy atom. The van der Waals surface area contributed by atoms with Gasteiger partial charge in [-0.2, -0.15) is 0 Å². The topological polar surface area (TPSA) is 52.6 Å². The highest BCUT2D eigenvalue weighted by molar-refractivity contribution is 5.67. The first kappa shape index (κ1) is 14.4. The van der Waals surface area contributed by atoms with E-state index in [1.165, 1.54) is 0 Å². The Labute approximate surface area is 92.7 Å². The highest BCUT2D eigenvalue weighted by atomic mass is 16.4. The van der Waals surface area contributed by atoms with Gasteiger partial charge in [-0.15, -0.1) is 0 Å². The molecule has 0 fully saturated rings. The molecule has 2 atom stereocenters. The number of carboxylic acid groups (broad SMARTS) is 1. The molecule has 2 N–H and O–H groups in total. The SMILES string of the molecule is CC(CC(=O)O)NC(CN(C)C)C(C)C. The zero-order chi connectivity index (χ0) is 12.0. The number of carboxylic acids is 1. The number of hydrogen-bond acceptors (Lipinski definition) is 3. The third-order valence-electron chi connectivity index (χ3n) is 2.35. The number of hydrogen-bond donors (Lipinski definition) is 2. The minimum Gasteiger partial charge on any atom is -0.481 e. The second kappa shape index (κ2) is 6.80. The fourth-order valence-electron chi connectivity index (χ4n) is 1.54. The molecule has 0 saturated heterocycles. The molecule has 0 rings (SSSR count). The van der Waals surface area contributed by atoms with Crippen LogP contribution in [0, 0.1) is 5.92 Å². The molecule has 0 aromatic heterocycles. The van der Waals surface area contributed by atoms with E-state index in [-0.39, 0.29) is 12.5 Å². The van der Waals surface area contributed by atoms with Crippen LogP contribution in [-0.4, -0.2) is 48.7 Å². The lowest BCUT2D eigenvalue weighted by atomic mass is 10.0. The molecule has 0 saturated carbocycles. The van der Waals surface area contributed by atoms with E-state index >= 15 is 0 Å². The van der Waals surface area contributed by atoms with E-state index in [4.69, 9.17) is 5.11 Å². The van der Waals surface area contributed by atoms with Crippen LogP contribution in [0.25, 0.3) is 0 Å². The van der Waals surface area contributed by atoms with E-state index < -0.39 is 5.97 Å². The van der Waals surface area contributed by atoms with E-state index in [1.54, 1.807) is 0 Å². The summed E-state index contributed by atoms with van der Waals surface area (Å²) < 4.78 is 0. The standard InChI is InChI=1S/C11H24N2O2/c1-8(2)10(7-13(4)5)12-9(3)6-11(14)15/h8-10,12H,6-7H2,1-5H3,(H,14,15). The molecule has 0 amide bonds. The summed E-state index contributed by atoms with van der Waals surface area (Å²) in [6, 6.07) is 0.365. The van der Waals surface area contributed by atoms with Crippen LogP contribution in [0.3, 0.4) is 0 Å². The van der Waals surface area contributed by atoms with Crippen LogP contribution in [0.15, 0.2) is 0 Å². The van der Waals surface area contributed by atoms with Gasteiger partial charge in [0, 0.05) is 18.6 Å². The predicted molar refractivity (Wildman–Crippen MR) is 62.0 cm³/mol. The maximum atomic E-state index is 10.5. The molecule has 0 spiro atoms. The Kier molecular flexibility index (Phi) is 6.52. The lowest BCUT2D eigenvalue weighted by Crippen LogP contribution is -2.46. The molecule has 0 aliphatic carbocycles. The van der Waals surface area contributed by atoms with Gasteiger partial charge in [-0.1, -0.05) is 13.8 Å². The van der Waals surface area contributed by atoms with Crippen molar-refractivity contribution >= 4 is 5.97 Å². The Bertz CT molecular complexity index is 193. The summed E-state index contributed by atoms with van der Waals surface area (Å²) in [5.74, 6) is -0.244. The zero-order valence-electron chi connectivity index (χ0n) is 10.4. The summed E-state index contributed by atoms with van der Waals surface area (Å²) in [6.07, 6.45) is 0.177. The lowest BCUT2D eigenvalue weighted by Gasteiger charge is -2.28. The van der Waals surface area contributed by atoms with E-state index in [9.17, 15) is 4.79 Å². The number of carbonyl (C=O) groups is 1. The van der Waals surface area contributed by atoms with Gasteiger partial charge < -0.3 is 15.3 Å². The van der Waals surface area contributed by atoms with Gasteiger partial charge in [0.1, 0.15) is 0 Å². The normalized spacial score (nSPS) is 15.7. The predicted octanol–water partition coefficient (Wildman–Crippen LogP) is 1.03. The molecule has 90 valence electrons. The van der Waals surface area contributed by atoms with Crippen LogP contribution in [0.4, 0.5) is 0 Å². The summed E-state index contributed by atoms with van der Waals surface area (Å²) in [7, 11) is 4.05. The minimum atomic E-state index is -0.748. The molecule has 0 bridgehead atoms. The molecule has 2 unspecified atom stereocenters. The van der Waals surface area contributed by atoms with E-state index in [0.717, 1.165) is 6.54 Å². The van der Waals surface area contributed by atoms with E-state index in [2.05, 4.69) is 24.1 Å². The summed E-state index contributed by atoms with van der Waals surface area (Å²) in [5, 5.41) is 12.0. The third-order valence-corrected chi connectivity index (χ3v) is 2.35. The van der Waals surface area contributed by atoms with E-state index in [0.29, 0.717) is 12.0 Å². The van der Waals surface area contributed by atoms with Crippen molar-refractivity contribution in [2.24, 2.45) is 5.92 Å². The molecule has 0 aromatic rings. The molecule has 0 aromatic carbocycles. The zero-order valence-corrected chi connectivity index (χ0v) is 10.4. The molecule has 0 heterocycles. The quantitative estimate of drug-likeness (QED) is 0.667. The van der Waals surface area contributed by atoms with Crippen molar-refractivity contribution in [1.29, 1.82) is 0 Å². The maximum Gasteiger partial charge on any atom is 0.304 e. The fraction of sp³-hybridized carbons (Fsp3) is 0.909. The van der Waals surface area contributed by atoms with Crippen LogP contribution in [0.5, 0.6) is 0 Å². The van der Waals surface area contributed by atoms with Gasteiger partial charge in [-0.05, 0) is 26.9 Å². The minimum absolute atomic E-state index is 0.0230. The van der Waals surface area contributed by atoms with Gasteiger partial charge >= 0.3 is 5.97 Å². The molecule has 15 heavy (non-hydrogen) atoms. The highest BCUT2D eigenvalue weighted by Crippen LogP contribution is 2.05. The van der Waals surface area contributed by atoms with Gasteiger partial charge in [-0.3, -0.25) is 4.79 Å². The summed E-state index contributed by atoms with van der Waals surface area (Å²) in [5.41, 5.74) is 0. The van der Waals surface area contributed by atoms with Gasteiger partial charge in [0.05, 0.1) is 6.42 Å². The first-order valence-electron chi connectivity index (χ1n) is 5.45. The second-order valence-corrected chi connectivity index (χ2v) is 4.78. The van der Waals surface area contributed by atoms with Gasteiger partial charge in [0.15, 0.2) is 0 Å². The van der Waals surface area contributed by atoms with Crippen molar-refractivity contribution < 1.29 is 9.90 Å². The number of nitrogens with zero attached hydrogens (tertiary/aromatic N) is 1. The summed E-state index contributed by atoms with van der Waals surface area (Å²) >= 11 is 0. The maximum absolute atomic E-state index is 10.5.